The number of nitrogens with zero attached hydrogens (tertiary/aromatic N) is 3. The molecule has 1 atom stereocenters. The minimum atomic E-state index is 0.769. The topological polar surface area (TPSA) is 18.8 Å². The van der Waals surface area contributed by atoms with Crippen LogP contribution in [-0.4, -0.2) is 54.3 Å². The van der Waals surface area contributed by atoms with Crippen molar-refractivity contribution in [3.63, 3.8) is 0 Å². The summed E-state index contributed by atoms with van der Waals surface area (Å²) in [4.78, 5) is 9.94. The summed E-state index contributed by atoms with van der Waals surface area (Å²) < 4.78 is 0. The molecule has 29 heavy (non-hydrogen) atoms. The third kappa shape index (κ3) is 3.35. The molecular weight excluding hydrogens is 354 g/mol. The lowest BCUT2D eigenvalue weighted by Gasteiger charge is -2.37. The highest BCUT2D eigenvalue weighted by molar-refractivity contribution is 5.84. The SMILES string of the molecule is C1=NCCc2cc(-c3ccc4c(c3)CCN([C@@H]3CCN(C5CCC5)C3)C4)ccc21. The number of hydrogen-bond donors (Lipinski definition) is 0. The number of rotatable bonds is 3. The molecular formula is C26H31N3. The molecule has 3 heterocycles. The molecule has 2 aromatic carbocycles. The van der Waals surface area contributed by atoms with Crippen molar-refractivity contribution < 1.29 is 0 Å². The molecule has 3 heteroatoms. The molecule has 0 spiro atoms. The molecule has 0 bridgehead atoms. The van der Waals surface area contributed by atoms with Crippen LogP contribution in [0.3, 0.4) is 0 Å². The molecule has 1 saturated heterocycles. The van der Waals surface area contributed by atoms with Crippen LogP contribution in [0.2, 0.25) is 0 Å². The molecule has 150 valence electrons. The third-order valence-electron chi connectivity index (χ3n) is 7.77. The Hall–Kier alpha value is -1.97. The van der Waals surface area contributed by atoms with Gasteiger partial charge in [-0.1, -0.05) is 42.8 Å². The van der Waals surface area contributed by atoms with Crippen LogP contribution >= 0.6 is 0 Å². The van der Waals surface area contributed by atoms with Gasteiger partial charge < -0.3 is 0 Å². The monoisotopic (exact) mass is 385 g/mol. The van der Waals surface area contributed by atoms with Crippen molar-refractivity contribution in [1.29, 1.82) is 0 Å². The molecule has 3 nitrogen and oxygen atoms in total. The van der Waals surface area contributed by atoms with Gasteiger partial charge in [-0.15, -0.1) is 0 Å². The number of hydrogen-bond acceptors (Lipinski definition) is 3. The van der Waals surface area contributed by atoms with Gasteiger partial charge in [0, 0.05) is 51.0 Å². The number of benzene rings is 2. The van der Waals surface area contributed by atoms with Crippen molar-refractivity contribution in [2.24, 2.45) is 4.99 Å². The highest BCUT2D eigenvalue weighted by Gasteiger charge is 2.34. The van der Waals surface area contributed by atoms with Crippen molar-refractivity contribution in [2.75, 3.05) is 26.2 Å². The minimum absolute atomic E-state index is 0.769. The Kier molecular flexibility index (Phi) is 4.54. The van der Waals surface area contributed by atoms with Gasteiger partial charge in [0.2, 0.25) is 0 Å². The van der Waals surface area contributed by atoms with Crippen LogP contribution in [0.5, 0.6) is 0 Å². The lowest BCUT2D eigenvalue weighted by Crippen LogP contribution is -2.44. The molecule has 2 aromatic rings. The largest absolute Gasteiger partial charge is 0.299 e. The first-order chi connectivity index (χ1) is 14.3. The van der Waals surface area contributed by atoms with Crippen molar-refractivity contribution in [2.45, 2.75) is 57.2 Å². The summed E-state index contributed by atoms with van der Waals surface area (Å²) in [5.74, 6) is 0. The van der Waals surface area contributed by atoms with E-state index in [-0.39, 0.29) is 0 Å². The van der Waals surface area contributed by atoms with Crippen molar-refractivity contribution >= 4 is 6.21 Å². The highest BCUT2D eigenvalue weighted by Crippen LogP contribution is 2.32. The summed E-state index contributed by atoms with van der Waals surface area (Å²) in [5.41, 5.74) is 8.58. The van der Waals surface area contributed by atoms with Crippen molar-refractivity contribution in [3.05, 3.63) is 58.7 Å². The van der Waals surface area contributed by atoms with Crippen molar-refractivity contribution in [1.82, 2.24) is 9.80 Å². The van der Waals surface area contributed by atoms with Crippen LogP contribution in [0.25, 0.3) is 11.1 Å². The Labute approximate surface area is 174 Å². The predicted molar refractivity (Wildman–Crippen MR) is 120 cm³/mol. The molecule has 0 N–H and O–H groups in total. The zero-order valence-corrected chi connectivity index (χ0v) is 17.3. The molecule has 2 fully saturated rings. The Bertz CT molecular complexity index is 943. The summed E-state index contributed by atoms with van der Waals surface area (Å²) in [6.45, 7) is 5.91. The highest BCUT2D eigenvalue weighted by atomic mass is 15.3. The average Bonchev–Trinajstić information content (AvgIpc) is 3.21. The summed E-state index contributed by atoms with van der Waals surface area (Å²) >= 11 is 0. The van der Waals surface area contributed by atoms with E-state index in [0.717, 1.165) is 31.6 Å². The van der Waals surface area contributed by atoms with Crippen molar-refractivity contribution in [3.8, 4) is 11.1 Å². The molecule has 6 rings (SSSR count). The summed E-state index contributed by atoms with van der Waals surface area (Å²) in [5, 5.41) is 0. The fourth-order valence-electron chi connectivity index (χ4n) is 5.69. The van der Waals surface area contributed by atoms with Gasteiger partial charge in [-0.3, -0.25) is 14.8 Å². The maximum Gasteiger partial charge on any atom is 0.0430 e. The van der Waals surface area contributed by atoms with Gasteiger partial charge in [-0.25, -0.2) is 0 Å². The van der Waals surface area contributed by atoms with Crippen LogP contribution in [0.15, 0.2) is 41.4 Å². The number of aliphatic imine (C=N–C) groups is 1. The van der Waals surface area contributed by atoms with Crippen LogP contribution < -0.4 is 0 Å². The van der Waals surface area contributed by atoms with E-state index in [0.29, 0.717) is 0 Å². The molecule has 3 aliphatic heterocycles. The third-order valence-corrected chi connectivity index (χ3v) is 7.77. The Morgan fingerprint density at radius 1 is 0.759 bits per heavy atom. The van der Waals surface area contributed by atoms with Gasteiger partial charge in [0.05, 0.1) is 0 Å². The average molecular weight is 386 g/mol. The van der Waals surface area contributed by atoms with Gasteiger partial charge in [0.1, 0.15) is 0 Å². The molecule has 0 unspecified atom stereocenters. The fraction of sp³-hybridized carbons (Fsp3) is 0.500. The van der Waals surface area contributed by atoms with Gasteiger partial charge in [-0.2, -0.15) is 0 Å². The maximum absolute atomic E-state index is 4.41. The number of likely N-dealkylation sites (tertiary alicyclic amines) is 1. The van der Waals surface area contributed by atoms with E-state index in [1.807, 2.05) is 6.21 Å². The smallest absolute Gasteiger partial charge is 0.0430 e. The molecule has 4 aliphatic rings. The summed E-state index contributed by atoms with van der Waals surface area (Å²) in [6, 6.07) is 15.8. The Balaban J connectivity index is 1.18. The zero-order valence-electron chi connectivity index (χ0n) is 17.3. The van der Waals surface area contributed by atoms with E-state index in [4.69, 9.17) is 0 Å². The second-order valence-electron chi connectivity index (χ2n) is 9.43. The summed E-state index contributed by atoms with van der Waals surface area (Å²) in [6.07, 6.45) is 9.98. The predicted octanol–water partition coefficient (Wildman–Crippen LogP) is 4.31. The second kappa shape index (κ2) is 7.37. The van der Waals surface area contributed by atoms with Crippen LogP contribution in [0.1, 0.15) is 47.9 Å². The first-order valence-corrected chi connectivity index (χ1v) is 11.6. The molecule has 0 amide bonds. The molecule has 0 radical (unpaired) electrons. The fourth-order valence-corrected chi connectivity index (χ4v) is 5.69. The van der Waals surface area contributed by atoms with Gasteiger partial charge in [0.15, 0.2) is 0 Å². The minimum Gasteiger partial charge on any atom is -0.299 e. The normalized spacial score (nSPS) is 24.9. The van der Waals surface area contributed by atoms with E-state index in [1.165, 1.54) is 74.0 Å². The van der Waals surface area contributed by atoms with E-state index in [1.54, 1.807) is 11.1 Å². The van der Waals surface area contributed by atoms with E-state index < -0.39 is 0 Å². The standard InChI is InChI=1S/C26H31N3/c1-2-25(3-1)29-13-10-26(18-29)28-12-9-22-15-20(5-7-24(22)17-28)19-4-6-23-16-27-11-8-21(23)14-19/h4-7,14-16,25-26H,1-3,8-13,17-18H2/t26-/m1/s1. The van der Waals surface area contributed by atoms with Crippen LogP contribution in [-0.2, 0) is 19.4 Å². The van der Waals surface area contributed by atoms with E-state index in [2.05, 4.69) is 51.2 Å². The Morgan fingerprint density at radius 2 is 1.62 bits per heavy atom. The summed E-state index contributed by atoms with van der Waals surface area (Å²) in [7, 11) is 0. The maximum atomic E-state index is 4.41. The van der Waals surface area contributed by atoms with Crippen LogP contribution in [0.4, 0.5) is 0 Å². The first-order valence-electron chi connectivity index (χ1n) is 11.6. The Morgan fingerprint density at radius 3 is 2.48 bits per heavy atom. The van der Waals surface area contributed by atoms with Crippen LogP contribution in [0, 0.1) is 0 Å². The quantitative estimate of drug-likeness (QED) is 0.784. The molecule has 1 saturated carbocycles. The van der Waals surface area contributed by atoms with E-state index in [9.17, 15) is 0 Å². The van der Waals surface area contributed by atoms with Gasteiger partial charge >= 0.3 is 0 Å². The number of fused-ring (bicyclic) bond motifs is 2. The second-order valence-corrected chi connectivity index (χ2v) is 9.43. The first kappa shape index (κ1) is 17.9. The van der Waals surface area contributed by atoms with Gasteiger partial charge in [0.25, 0.3) is 0 Å². The lowest BCUT2D eigenvalue weighted by molar-refractivity contribution is 0.129. The van der Waals surface area contributed by atoms with E-state index >= 15 is 0 Å². The molecule has 0 aromatic heterocycles. The van der Waals surface area contributed by atoms with Gasteiger partial charge in [-0.05, 0) is 65.5 Å². The zero-order chi connectivity index (χ0) is 19.2. The lowest BCUT2D eigenvalue weighted by atomic mass is 9.91. The molecule has 1 aliphatic carbocycles.